The Morgan fingerprint density at radius 3 is 2.35 bits per heavy atom. The van der Waals surface area contributed by atoms with Crippen molar-refractivity contribution in [1.82, 2.24) is 14.1 Å². The molecule has 0 unspecified atom stereocenters. The summed E-state index contributed by atoms with van der Waals surface area (Å²) in [6.45, 7) is 9.15. The number of carbonyl (C=O) groups is 1. The van der Waals surface area contributed by atoms with Crippen molar-refractivity contribution in [2.45, 2.75) is 31.6 Å². The number of piperidine rings is 1. The average molecular weight is 380 g/mol. The van der Waals surface area contributed by atoms with Gasteiger partial charge < -0.3 is 9.80 Å². The van der Waals surface area contributed by atoms with Gasteiger partial charge in [-0.2, -0.15) is 4.31 Å². The second-order valence-corrected chi connectivity index (χ2v) is 9.21. The van der Waals surface area contributed by atoms with E-state index in [-0.39, 0.29) is 11.8 Å². The fourth-order valence-corrected chi connectivity index (χ4v) is 5.29. The van der Waals surface area contributed by atoms with E-state index in [9.17, 15) is 13.2 Å². The zero-order chi connectivity index (χ0) is 18.7. The highest BCUT2D eigenvalue weighted by Crippen LogP contribution is 2.25. The van der Waals surface area contributed by atoms with Crippen LogP contribution in [0.4, 0.5) is 0 Å². The van der Waals surface area contributed by atoms with Gasteiger partial charge in [-0.05, 0) is 38.4 Å². The fraction of sp³-hybridized carbons (Fsp3) is 0.632. The first kappa shape index (κ1) is 19.3. The van der Waals surface area contributed by atoms with Crippen LogP contribution < -0.4 is 0 Å². The molecule has 7 heteroatoms. The maximum Gasteiger partial charge on any atom is 0.243 e. The molecule has 1 aromatic carbocycles. The molecular formula is C19H29N3O3S. The van der Waals surface area contributed by atoms with Crippen LogP contribution in [0.2, 0.25) is 0 Å². The Morgan fingerprint density at radius 2 is 1.73 bits per heavy atom. The minimum Gasteiger partial charge on any atom is -0.340 e. The first-order chi connectivity index (χ1) is 12.4. The summed E-state index contributed by atoms with van der Waals surface area (Å²) in [5, 5.41) is 0. The van der Waals surface area contributed by atoms with Crippen LogP contribution in [0.1, 0.15) is 25.3 Å². The molecule has 0 aromatic heterocycles. The summed E-state index contributed by atoms with van der Waals surface area (Å²) in [5.41, 5.74) is 1.03. The van der Waals surface area contributed by atoms with E-state index >= 15 is 0 Å². The molecule has 0 spiro atoms. The lowest BCUT2D eigenvalue weighted by Crippen LogP contribution is -2.52. The van der Waals surface area contributed by atoms with Crippen LogP contribution in [0.15, 0.2) is 29.2 Å². The van der Waals surface area contributed by atoms with Gasteiger partial charge >= 0.3 is 0 Å². The van der Waals surface area contributed by atoms with Gasteiger partial charge in [0.1, 0.15) is 0 Å². The lowest BCUT2D eigenvalue weighted by atomic mass is 9.98. The highest BCUT2D eigenvalue weighted by molar-refractivity contribution is 7.89. The van der Waals surface area contributed by atoms with E-state index in [1.807, 2.05) is 24.0 Å². The number of likely N-dealkylation sites (N-methyl/N-ethyl adjacent to an activating group) is 1. The highest BCUT2D eigenvalue weighted by atomic mass is 32.2. The molecule has 2 aliphatic heterocycles. The standard InChI is InChI=1S/C19H29N3O3S/c1-3-20-11-13-21(14-12-20)19(23)17-5-4-10-22(15-17)26(24,25)18-8-6-16(2)7-9-18/h6-9,17H,3-5,10-15H2,1-2H3/t17-/m1/s1. The molecule has 1 amide bonds. The zero-order valence-electron chi connectivity index (χ0n) is 15.7. The molecule has 0 saturated carbocycles. The molecule has 3 rings (SSSR count). The first-order valence-electron chi connectivity index (χ1n) is 9.50. The molecule has 0 bridgehead atoms. The number of hydrogen-bond donors (Lipinski definition) is 0. The normalized spacial score (nSPS) is 23.2. The SMILES string of the molecule is CCN1CCN(C(=O)[C@@H]2CCCN(S(=O)(=O)c3ccc(C)cc3)C2)CC1. The third-order valence-corrected chi connectivity index (χ3v) is 7.40. The van der Waals surface area contributed by atoms with Crippen molar-refractivity contribution in [2.24, 2.45) is 5.92 Å². The predicted molar refractivity (Wildman–Crippen MR) is 101 cm³/mol. The molecule has 0 radical (unpaired) electrons. The van der Waals surface area contributed by atoms with Crippen molar-refractivity contribution in [3.63, 3.8) is 0 Å². The predicted octanol–water partition coefficient (Wildman–Crippen LogP) is 1.56. The Kier molecular flexibility index (Phi) is 5.99. The second kappa shape index (κ2) is 8.06. The van der Waals surface area contributed by atoms with E-state index in [0.717, 1.165) is 51.1 Å². The van der Waals surface area contributed by atoms with Crippen LogP contribution in [0.5, 0.6) is 0 Å². The zero-order valence-corrected chi connectivity index (χ0v) is 16.5. The summed E-state index contributed by atoms with van der Waals surface area (Å²) < 4.78 is 27.3. The van der Waals surface area contributed by atoms with Crippen LogP contribution >= 0.6 is 0 Å². The number of carbonyl (C=O) groups excluding carboxylic acids is 1. The number of amides is 1. The van der Waals surface area contributed by atoms with E-state index in [0.29, 0.717) is 18.0 Å². The number of benzene rings is 1. The maximum atomic E-state index is 12.9. The lowest BCUT2D eigenvalue weighted by Gasteiger charge is -2.38. The topological polar surface area (TPSA) is 60.9 Å². The van der Waals surface area contributed by atoms with Gasteiger partial charge in [-0.25, -0.2) is 8.42 Å². The summed E-state index contributed by atoms with van der Waals surface area (Å²) in [4.78, 5) is 17.4. The Bertz CT molecular complexity index is 725. The van der Waals surface area contributed by atoms with Crippen molar-refractivity contribution in [2.75, 3.05) is 45.8 Å². The van der Waals surface area contributed by atoms with Crippen molar-refractivity contribution in [3.05, 3.63) is 29.8 Å². The number of rotatable bonds is 4. The van der Waals surface area contributed by atoms with Crippen LogP contribution in [-0.4, -0.2) is 74.2 Å². The fourth-order valence-electron chi connectivity index (χ4n) is 3.76. The molecule has 0 aliphatic carbocycles. The number of hydrogen-bond acceptors (Lipinski definition) is 4. The van der Waals surface area contributed by atoms with Gasteiger partial charge in [0.15, 0.2) is 0 Å². The molecule has 2 fully saturated rings. The summed E-state index contributed by atoms with van der Waals surface area (Å²) in [7, 11) is -3.53. The van der Waals surface area contributed by atoms with Crippen molar-refractivity contribution >= 4 is 15.9 Å². The molecule has 6 nitrogen and oxygen atoms in total. The summed E-state index contributed by atoms with van der Waals surface area (Å²) >= 11 is 0. The number of piperazine rings is 1. The number of aryl methyl sites for hydroxylation is 1. The van der Waals surface area contributed by atoms with E-state index in [1.165, 1.54) is 4.31 Å². The van der Waals surface area contributed by atoms with E-state index in [4.69, 9.17) is 0 Å². The van der Waals surface area contributed by atoms with E-state index < -0.39 is 10.0 Å². The number of sulfonamides is 1. The maximum absolute atomic E-state index is 12.9. The minimum atomic E-state index is -3.53. The van der Waals surface area contributed by atoms with Crippen LogP contribution in [0.3, 0.4) is 0 Å². The van der Waals surface area contributed by atoms with Crippen LogP contribution in [0.25, 0.3) is 0 Å². The Hall–Kier alpha value is -1.44. The van der Waals surface area contributed by atoms with Crippen molar-refractivity contribution in [1.29, 1.82) is 0 Å². The van der Waals surface area contributed by atoms with Gasteiger partial charge in [-0.15, -0.1) is 0 Å². The monoisotopic (exact) mass is 379 g/mol. The minimum absolute atomic E-state index is 0.115. The second-order valence-electron chi connectivity index (χ2n) is 7.27. The first-order valence-corrected chi connectivity index (χ1v) is 10.9. The average Bonchev–Trinajstić information content (AvgIpc) is 2.68. The van der Waals surface area contributed by atoms with E-state index in [2.05, 4.69) is 11.8 Å². The Morgan fingerprint density at radius 1 is 1.08 bits per heavy atom. The van der Waals surface area contributed by atoms with Crippen molar-refractivity contribution in [3.8, 4) is 0 Å². The van der Waals surface area contributed by atoms with Crippen LogP contribution in [0, 0.1) is 12.8 Å². The van der Waals surface area contributed by atoms with Gasteiger partial charge in [-0.1, -0.05) is 24.6 Å². The van der Waals surface area contributed by atoms with Crippen LogP contribution in [-0.2, 0) is 14.8 Å². The van der Waals surface area contributed by atoms with Gasteiger partial charge in [0.2, 0.25) is 15.9 Å². The van der Waals surface area contributed by atoms with E-state index in [1.54, 1.807) is 12.1 Å². The summed E-state index contributed by atoms with van der Waals surface area (Å²) in [6, 6.07) is 6.93. The molecule has 1 atom stereocenters. The highest BCUT2D eigenvalue weighted by Gasteiger charge is 2.35. The smallest absolute Gasteiger partial charge is 0.243 e. The largest absolute Gasteiger partial charge is 0.340 e. The molecule has 26 heavy (non-hydrogen) atoms. The molecule has 1 aromatic rings. The third kappa shape index (κ3) is 4.10. The molecule has 2 aliphatic rings. The molecule has 2 saturated heterocycles. The summed E-state index contributed by atoms with van der Waals surface area (Å²) in [5.74, 6) is -0.110. The molecule has 0 N–H and O–H groups in total. The molecular weight excluding hydrogens is 350 g/mol. The van der Waals surface area contributed by atoms with Gasteiger partial charge in [-0.3, -0.25) is 4.79 Å². The summed E-state index contributed by atoms with van der Waals surface area (Å²) in [6.07, 6.45) is 1.50. The quantitative estimate of drug-likeness (QED) is 0.797. The lowest BCUT2D eigenvalue weighted by molar-refractivity contribution is -0.138. The number of nitrogens with zero attached hydrogens (tertiary/aromatic N) is 3. The Labute approximate surface area is 156 Å². The third-order valence-electron chi connectivity index (χ3n) is 5.52. The molecule has 2 heterocycles. The van der Waals surface area contributed by atoms with Crippen molar-refractivity contribution < 1.29 is 13.2 Å². The van der Waals surface area contributed by atoms with Gasteiger partial charge in [0, 0.05) is 39.3 Å². The molecule has 144 valence electrons. The van der Waals surface area contributed by atoms with Gasteiger partial charge in [0.25, 0.3) is 0 Å². The van der Waals surface area contributed by atoms with Gasteiger partial charge in [0.05, 0.1) is 10.8 Å². The Balaban J connectivity index is 1.67.